The minimum absolute atomic E-state index is 0.299. The number of hydrogen-bond acceptors (Lipinski definition) is 3. The summed E-state index contributed by atoms with van der Waals surface area (Å²) < 4.78 is 5.53. The second-order valence-electron chi connectivity index (χ2n) is 3.54. The molecule has 2 aromatic carbocycles. The highest BCUT2D eigenvalue weighted by atomic mass is 17.1. The Labute approximate surface area is 94.2 Å². The highest BCUT2D eigenvalue weighted by Gasteiger charge is 1.96. The molecule has 0 aliphatic rings. The van der Waals surface area contributed by atoms with Crippen molar-refractivity contribution in [2.45, 2.75) is 6.42 Å². The average Bonchev–Trinajstić information content (AvgIpc) is 2.34. The van der Waals surface area contributed by atoms with Crippen molar-refractivity contribution >= 4 is 10.8 Å². The van der Waals surface area contributed by atoms with E-state index in [-0.39, 0.29) is 0 Å². The topological polar surface area (TPSA) is 38.7 Å². The Kier molecular flexibility index (Phi) is 3.75. The molecule has 2 rings (SSSR count). The van der Waals surface area contributed by atoms with Crippen LogP contribution in [0.4, 0.5) is 0 Å². The van der Waals surface area contributed by atoms with E-state index in [1.165, 1.54) is 10.8 Å². The molecular formula is C13H14O3. The Morgan fingerprint density at radius 3 is 2.56 bits per heavy atom. The standard InChI is InChI=1S/C13H14O3/c14-16-9-3-8-15-13-7-6-11-4-1-2-5-12(11)10-13/h1-2,4-7,10,14H,3,8-9H2. The maximum Gasteiger partial charge on any atom is 0.119 e. The van der Waals surface area contributed by atoms with Crippen LogP contribution in [-0.2, 0) is 4.89 Å². The second kappa shape index (κ2) is 5.49. The molecule has 0 aromatic heterocycles. The van der Waals surface area contributed by atoms with E-state index in [0.717, 1.165) is 5.75 Å². The van der Waals surface area contributed by atoms with Crippen LogP contribution in [0, 0.1) is 0 Å². The van der Waals surface area contributed by atoms with Gasteiger partial charge in [0.15, 0.2) is 0 Å². The first-order chi connectivity index (χ1) is 7.90. The first-order valence-corrected chi connectivity index (χ1v) is 5.28. The van der Waals surface area contributed by atoms with Crippen LogP contribution in [0.5, 0.6) is 5.75 Å². The molecule has 0 spiro atoms. The molecule has 0 unspecified atom stereocenters. The fourth-order valence-electron chi connectivity index (χ4n) is 1.57. The van der Waals surface area contributed by atoms with Crippen LogP contribution in [0.1, 0.15) is 6.42 Å². The van der Waals surface area contributed by atoms with Crippen molar-refractivity contribution in [3.8, 4) is 5.75 Å². The van der Waals surface area contributed by atoms with E-state index in [9.17, 15) is 0 Å². The summed E-state index contributed by atoms with van der Waals surface area (Å²) in [6.07, 6.45) is 0.670. The molecule has 2 aromatic rings. The van der Waals surface area contributed by atoms with Crippen LogP contribution in [0.2, 0.25) is 0 Å². The third-order valence-corrected chi connectivity index (χ3v) is 2.37. The number of rotatable bonds is 5. The third kappa shape index (κ3) is 2.72. The first-order valence-electron chi connectivity index (χ1n) is 5.28. The molecule has 0 fully saturated rings. The van der Waals surface area contributed by atoms with Crippen molar-refractivity contribution in [2.75, 3.05) is 13.2 Å². The molecule has 0 atom stereocenters. The summed E-state index contributed by atoms with van der Waals surface area (Å²) >= 11 is 0. The Bertz CT molecular complexity index is 454. The zero-order valence-electron chi connectivity index (χ0n) is 8.93. The summed E-state index contributed by atoms with van der Waals surface area (Å²) in [6, 6.07) is 14.1. The van der Waals surface area contributed by atoms with Crippen LogP contribution in [0.3, 0.4) is 0 Å². The van der Waals surface area contributed by atoms with Gasteiger partial charge in [0.2, 0.25) is 0 Å². The third-order valence-electron chi connectivity index (χ3n) is 2.37. The largest absolute Gasteiger partial charge is 0.493 e. The van der Waals surface area contributed by atoms with Gasteiger partial charge in [-0.15, -0.1) is 0 Å². The summed E-state index contributed by atoms with van der Waals surface area (Å²) in [5.74, 6) is 0.844. The van der Waals surface area contributed by atoms with Gasteiger partial charge in [0.1, 0.15) is 5.75 Å². The highest BCUT2D eigenvalue weighted by Crippen LogP contribution is 2.20. The predicted octanol–water partition coefficient (Wildman–Crippen LogP) is 3.10. The normalized spacial score (nSPS) is 10.6. The molecule has 0 amide bonds. The number of benzene rings is 2. The summed E-state index contributed by atoms with van der Waals surface area (Å²) in [5.41, 5.74) is 0. The first kappa shape index (κ1) is 10.9. The fraction of sp³-hybridized carbons (Fsp3) is 0.231. The maximum atomic E-state index is 8.15. The van der Waals surface area contributed by atoms with Gasteiger partial charge >= 0.3 is 0 Å². The van der Waals surface area contributed by atoms with Crippen molar-refractivity contribution in [3.05, 3.63) is 42.5 Å². The van der Waals surface area contributed by atoms with E-state index in [0.29, 0.717) is 19.6 Å². The van der Waals surface area contributed by atoms with Gasteiger partial charge in [-0.2, -0.15) is 0 Å². The molecule has 84 valence electrons. The van der Waals surface area contributed by atoms with Crippen LogP contribution in [0.15, 0.2) is 42.5 Å². The van der Waals surface area contributed by atoms with Crippen LogP contribution < -0.4 is 4.74 Å². The quantitative estimate of drug-likeness (QED) is 0.476. The minimum Gasteiger partial charge on any atom is -0.493 e. The summed E-state index contributed by atoms with van der Waals surface area (Å²) in [7, 11) is 0. The van der Waals surface area contributed by atoms with E-state index in [2.05, 4.69) is 17.0 Å². The van der Waals surface area contributed by atoms with E-state index in [4.69, 9.17) is 9.99 Å². The lowest BCUT2D eigenvalue weighted by atomic mass is 10.1. The smallest absolute Gasteiger partial charge is 0.119 e. The highest BCUT2D eigenvalue weighted by molar-refractivity contribution is 5.83. The van der Waals surface area contributed by atoms with Crippen molar-refractivity contribution < 1.29 is 14.9 Å². The number of hydrogen-bond donors (Lipinski definition) is 1. The Morgan fingerprint density at radius 1 is 0.938 bits per heavy atom. The molecule has 3 nitrogen and oxygen atoms in total. The molecular weight excluding hydrogens is 204 g/mol. The molecule has 0 radical (unpaired) electrons. The molecule has 0 saturated heterocycles. The summed E-state index contributed by atoms with van der Waals surface area (Å²) in [6.45, 7) is 0.840. The summed E-state index contributed by atoms with van der Waals surface area (Å²) in [4.78, 5) is 3.97. The lowest BCUT2D eigenvalue weighted by Crippen LogP contribution is -2.01. The van der Waals surface area contributed by atoms with Crippen molar-refractivity contribution in [3.63, 3.8) is 0 Å². The van der Waals surface area contributed by atoms with Crippen LogP contribution >= 0.6 is 0 Å². The average molecular weight is 218 g/mol. The monoisotopic (exact) mass is 218 g/mol. The van der Waals surface area contributed by atoms with Gasteiger partial charge in [-0.05, 0) is 22.9 Å². The number of ether oxygens (including phenoxy) is 1. The SMILES string of the molecule is OOCCCOc1ccc2ccccc2c1. The Hall–Kier alpha value is -1.58. The lowest BCUT2D eigenvalue weighted by molar-refractivity contribution is -0.243. The van der Waals surface area contributed by atoms with Gasteiger partial charge in [-0.3, -0.25) is 5.26 Å². The zero-order chi connectivity index (χ0) is 11.2. The van der Waals surface area contributed by atoms with E-state index in [1.807, 2.05) is 30.3 Å². The van der Waals surface area contributed by atoms with E-state index < -0.39 is 0 Å². The molecule has 1 N–H and O–H groups in total. The fourth-order valence-corrected chi connectivity index (χ4v) is 1.57. The van der Waals surface area contributed by atoms with Gasteiger partial charge in [0.05, 0.1) is 13.2 Å². The van der Waals surface area contributed by atoms with Crippen LogP contribution in [0.25, 0.3) is 10.8 Å². The van der Waals surface area contributed by atoms with Gasteiger partial charge in [0, 0.05) is 6.42 Å². The molecule has 3 heteroatoms. The van der Waals surface area contributed by atoms with Crippen molar-refractivity contribution in [2.24, 2.45) is 0 Å². The van der Waals surface area contributed by atoms with E-state index in [1.54, 1.807) is 0 Å². The number of fused-ring (bicyclic) bond motifs is 1. The maximum absolute atomic E-state index is 8.15. The predicted molar refractivity (Wildman–Crippen MR) is 62.6 cm³/mol. The van der Waals surface area contributed by atoms with Gasteiger partial charge in [-0.25, -0.2) is 4.89 Å². The molecule has 16 heavy (non-hydrogen) atoms. The molecule has 0 bridgehead atoms. The van der Waals surface area contributed by atoms with Gasteiger partial charge in [-0.1, -0.05) is 30.3 Å². The molecule has 0 saturated carbocycles. The van der Waals surface area contributed by atoms with E-state index >= 15 is 0 Å². The molecule has 0 aliphatic heterocycles. The van der Waals surface area contributed by atoms with Crippen LogP contribution in [-0.4, -0.2) is 18.5 Å². The Balaban J connectivity index is 2.02. The molecule has 0 aliphatic carbocycles. The zero-order valence-corrected chi connectivity index (χ0v) is 8.93. The second-order valence-corrected chi connectivity index (χ2v) is 3.54. The van der Waals surface area contributed by atoms with Gasteiger partial charge < -0.3 is 4.74 Å². The lowest BCUT2D eigenvalue weighted by Gasteiger charge is -2.06. The summed E-state index contributed by atoms with van der Waals surface area (Å²) in [5, 5.41) is 10.5. The molecule has 0 heterocycles. The van der Waals surface area contributed by atoms with Gasteiger partial charge in [0.25, 0.3) is 0 Å². The van der Waals surface area contributed by atoms with Crippen molar-refractivity contribution in [1.29, 1.82) is 0 Å². The van der Waals surface area contributed by atoms with Crippen molar-refractivity contribution in [1.82, 2.24) is 0 Å². The Morgan fingerprint density at radius 2 is 1.75 bits per heavy atom. The minimum atomic E-state index is 0.299.